The molecule has 0 atom stereocenters. The zero-order chi connectivity index (χ0) is 16.2. The SMILES string of the molecule is Cn1ccn(CN2CCC(C(=O)Nc3ccccc3)CC2)c1=S. The van der Waals surface area contributed by atoms with Crippen LogP contribution >= 0.6 is 12.2 Å². The first kappa shape index (κ1) is 16.0. The molecule has 0 spiro atoms. The Hall–Kier alpha value is -1.92. The standard InChI is InChI=1S/C17H22N4OS/c1-19-11-12-21(17(19)23)13-20-9-7-14(8-10-20)16(22)18-15-5-3-2-4-6-15/h2-6,11-12,14H,7-10,13H2,1H3,(H,18,22). The molecule has 1 aliphatic heterocycles. The van der Waals surface area contributed by atoms with Crippen LogP contribution in [0.25, 0.3) is 0 Å². The Bertz CT molecular complexity index is 714. The molecule has 0 saturated carbocycles. The number of para-hydroxylation sites is 1. The monoisotopic (exact) mass is 330 g/mol. The number of nitrogens with zero attached hydrogens (tertiary/aromatic N) is 3. The number of rotatable bonds is 4. The summed E-state index contributed by atoms with van der Waals surface area (Å²) in [6.07, 6.45) is 5.76. The molecule has 1 amide bonds. The van der Waals surface area contributed by atoms with Crippen LogP contribution in [-0.4, -0.2) is 33.0 Å². The normalized spacial score (nSPS) is 16.4. The van der Waals surface area contributed by atoms with Crippen molar-refractivity contribution >= 4 is 23.8 Å². The van der Waals surface area contributed by atoms with Gasteiger partial charge in [-0.2, -0.15) is 0 Å². The third-order valence-corrected chi connectivity index (χ3v) is 4.89. The van der Waals surface area contributed by atoms with Gasteiger partial charge in [-0.15, -0.1) is 0 Å². The molecule has 0 bridgehead atoms. The van der Waals surface area contributed by atoms with E-state index in [9.17, 15) is 4.79 Å². The van der Waals surface area contributed by atoms with E-state index in [0.29, 0.717) is 0 Å². The molecule has 1 aromatic carbocycles. The van der Waals surface area contributed by atoms with Crippen molar-refractivity contribution in [3.8, 4) is 0 Å². The summed E-state index contributed by atoms with van der Waals surface area (Å²) < 4.78 is 4.84. The summed E-state index contributed by atoms with van der Waals surface area (Å²) in [6, 6.07) is 9.65. The average Bonchev–Trinajstić information content (AvgIpc) is 2.88. The van der Waals surface area contributed by atoms with Gasteiger partial charge in [-0.25, -0.2) is 0 Å². The lowest BCUT2D eigenvalue weighted by Gasteiger charge is -2.31. The van der Waals surface area contributed by atoms with Gasteiger partial charge in [0.2, 0.25) is 5.91 Å². The number of aromatic nitrogens is 2. The predicted octanol–water partition coefficient (Wildman–Crippen LogP) is 2.86. The maximum absolute atomic E-state index is 12.3. The summed E-state index contributed by atoms with van der Waals surface area (Å²) in [7, 11) is 1.96. The molecule has 122 valence electrons. The van der Waals surface area contributed by atoms with Crippen LogP contribution in [0.15, 0.2) is 42.7 Å². The zero-order valence-electron chi connectivity index (χ0n) is 13.3. The highest BCUT2D eigenvalue weighted by molar-refractivity contribution is 7.71. The van der Waals surface area contributed by atoms with Gasteiger partial charge in [0.1, 0.15) is 0 Å². The van der Waals surface area contributed by atoms with Crippen LogP contribution in [-0.2, 0) is 18.5 Å². The van der Waals surface area contributed by atoms with Gasteiger partial charge >= 0.3 is 0 Å². The highest BCUT2D eigenvalue weighted by Gasteiger charge is 2.25. The summed E-state index contributed by atoms with van der Waals surface area (Å²) >= 11 is 5.37. The van der Waals surface area contributed by atoms with Gasteiger partial charge in [-0.1, -0.05) is 18.2 Å². The highest BCUT2D eigenvalue weighted by atomic mass is 32.1. The molecule has 23 heavy (non-hydrogen) atoms. The number of anilines is 1. The second-order valence-corrected chi connectivity index (χ2v) is 6.42. The van der Waals surface area contributed by atoms with Crippen molar-refractivity contribution < 1.29 is 4.79 Å². The molecule has 0 radical (unpaired) electrons. The number of imidazole rings is 1. The molecule has 0 unspecified atom stereocenters. The number of piperidine rings is 1. The quantitative estimate of drug-likeness (QED) is 0.877. The van der Waals surface area contributed by atoms with Crippen molar-refractivity contribution in [3.05, 3.63) is 47.5 Å². The van der Waals surface area contributed by atoms with E-state index in [1.165, 1.54) is 0 Å². The number of hydrogen-bond donors (Lipinski definition) is 1. The number of hydrogen-bond acceptors (Lipinski definition) is 3. The predicted molar refractivity (Wildman–Crippen MR) is 93.6 cm³/mol. The summed E-state index contributed by atoms with van der Waals surface area (Å²) in [5.74, 6) is 0.224. The Balaban J connectivity index is 1.51. The molecular formula is C17H22N4OS. The van der Waals surface area contributed by atoms with Crippen LogP contribution in [0, 0.1) is 10.7 Å². The summed E-state index contributed by atoms with van der Waals surface area (Å²) in [5, 5.41) is 3.01. The van der Waals surface area contributed by atoms with Crippen molar-refractivity contribution in [2.75, 3.05) is 18.4 Å². The van der Waals surface area contributed by atoms with E-state index in [0.717, 1.165) is 43.1 Å². The Morgan fingerprint density at radius 3 is 2.52 bits per heavy atom. The lowest BCUT2D eigenvalue weighted by atomic mass is 9.96. The van der Waals surface area contributed by atoms with E-state index in [-0.39, 0.29) is 11.8 Å². The number of nitrogens with one attached hydrogen (secondary N) is 1. The maximum Gasteiger partial charge on any atom is 0.227 e. The third kappa shape index (κ3) is 3.89. The molecule has 0 aliphatic carbocycles. The number of benzene rings is 1. The lowest BCUT2D eigenvalue weighted by molar-refractivity contribution is -0.121. The Morgan fingerprint density at radius 1 is 1.22 bits per heavy atom. The van der Waals surface area contributed by atoms with E-state index in [1.807, 2.05) is 54.3 Å². The van der Waals surface area contributed by atoms with Crippen LogP contribution in [0.5, 0.6) is 0 Å². The Morgan fingerprint density at radius 2 is 1.91 bits per heavy atom. The van der Waals surface area contributed by atoms with Crippen LogP contribution < -0.4 is 5.32 Å². The van der Waals surface area contributed by atoms with Gasteiger partial charge in [-0.3, -0.25) is 9.69 Å². The number of amides is 1. The summed E-state index contributed by atoms with van der Waals surface area (Å²) in [5.41, 5.74) is 0.871. The minimum atomic E-state index is 0.0928. The first-order chi connectivity index (χ1) is 11.1. The Labute approximate surface area is 141 Å². The van der Waals surface area contributed by atoms with Crippen molar-refractivity contribution in [2.24, 2.45) is 13.0 Å². The minimum Gasteiger partial charge on any atom is -0.327 e. The highest BCUT2D eigenvalue weighted by Crippen LogP contribution is 2.20. The van der Waals surface area contributed by atoms with E-state index in [2.05, 4.69) is 14.8 Å². The van der Waals surface area contributed by atoms with Crippen molar-refractivity contribution in [1.82, 2.24) is 14.0 Å². The molecule has 1 N–H and O–H groups in total. The second kappa shape index (κ2) is 7.10. The number of carbonyl (C=O) groups is 1. The molecule has 1 saturated heterocycles. The molecule has 6 heteroatoms. The van der Waals surface area contributed by atoms with Crippen molar-refractivity contribution in [3.63, 3.8) is 0 Å². The Kier molecular flexibility index (Phi) is 4.93. The lowest BCUT2D eigenvalue weighted by Crippen LogP contribution is -2.39. The van der Waals surface area contributed by atoms with E-state index >= 15 is 0 Å². The first-order valence-electron chi connectivity index (χ1n) is 7.93. The van der Waals surface area contributed by atoms with E-state index < -0.39 is 0 Å². The van der Waals surface area contributed by atoms with Gasteiger partial charge in [0, 0.05) is 44.1 Å². The van der Waals surface area contributed by atoms with Gasteiger partial charge in [0.15, 0.2) is 4.77 Å². The van der Waals surface area contributed by atoms with E-state index in [1.54, 1.807) is 0 Å². The van der Waals surface area contributed by atoms with Crippen molar-refractivity contribution in [1.29, 1.82) is 0 Å². The molecule has 1 fully saturated rings. The fourth-order valence-electron chi connectivity index (χ4n) is 2.94. The molecule has 3 rings (SSSR count). The largest absolute Gasteiger partial charge is 0.327 e. The molecule has 1 aromatic heterocycles. The van der Waals surface area contributed by atoms with Gasteiger partial charge in [-0.05, 0) is 37.2 Å². The summed E-state index contributed by atoms with van der Waals surface area (Å²) in [4.78, 5) is 14.7. The van der Waals surface area contributed by atoms with Gasteiger partial charge in [0.05, 0.1) is 6.67 Å². The van der Waals surface area contributed by atoms with Crippen LogP contribution in [0.2, 0.25) is 0 Å². The third-order valence-electron chi connectivity index (χ3n) is 4.37. The number of aryl methyl sites for hydroxylation is 1. The smallest absolute Gasteiger partial charge is 0.227 e. The maximum atomic E-state index is 12.3. The zero-order valence-corrected chi connectivity index (χ0v) is 14.1. The van der Waals surface area contributed by atoms with Gasteiger partial charge < -0.3 is 14.5 Å². The molecule has 1 aliphatic rings. The van der Waals surface area contributed by atoms with Crippen LogP contribution in [0.1, 0.15) is 12.8 Å². The number of likely N-dealkylation sites (tertiary alicyclic amines) is 1. The van der Waals surface area contributed by atoms with Crippen LogP contribution in [0.3, 0.4) is 0 Å². The molecule has 2 aromatic rings. The molecule has 2 heterocycles. The average molecular weight is 330 g/mol. The molecular weight excluding hydrogens is 308 g/mol. The summed E-state index contributed by atoms with van der Waals surface area (Å²) in [6.45, 7) is 2.64. The fourth-order valence-corrected chi connectivity index (χ4v) is 3.12. The van der Waals surface area contributed by atoms with Crippen molar-refractivity contribution in [2.45, 2.75) is 19.5 Å². The number of carbonyl (C=O) groups excluding carboxylic acids is 1. The first-order valence-corrected chi connectivity index (χ1v) is 8.34. The topological polar surface area (TPSA) is 42.2 Å². The molecule has 5 nitrogen and oxygen atoms in total. The second-order valence-electron chi connectivity index (χ2n) is 6.05. The van der Waals surface area contributed by atoms with E-state index in [4.69, 9.17) is 12.2 Å². The van der Waals surface area contributed by atoms with Crippen LogP contribution in [0.4, 0.5) is 5.69 Å². The minimum absolute atomic E-state index is 0.0928. The van der Waals surface area contributed by atoms with Gasteiger partial charge in [0.25, 0.3) is 0 Å². The fraction of sp³-hybridized carbons (Fsp3) is 0.412.